The lowest BCUT2D eigenvalue weighted by molar-refractivity contribution is 0.116. The third-order valence-electron chi connectivity index (χ3n) is 3.38. The van der Waals surface area contributed by atoms with Crippen LogP contribution in [0.25, 0.3) is 0 Å². The number of hydrogen-bond acceptors (Lipinski definition) is 3. The van der Waals surface area contributed by atoms with Crippen molar-refractivity contribution in [1.29, 1.82) is 0 Å². The number of unbranched alkanes of at least 4 members (excludes halogenated alkanes) is 5. The summed E-state index contributed by atoms with van der Waals surface area (Å²) in [4.78, 5) is 0. The molecular weight excluding hydrogens is 320 g/mol. The molecule has 1 aromatic rings. The first-order valence-corrected chi connectivity index (χ1v) is 8.54. The van der Waals surface area contributed by atoms with Crippen molar-refractivity contribution in [2.45, 2.75) is 45.1 Å². The lowest BCUT2D eigenvalue weighted by Crippen LogP contribution is -1.96. The molecule has 0 saturated carbocycles. The van der Waals surface area contributed by atoms with Gasteiger partial charge in [0.25, 0.3) is 0 Å². The second-order valence-corrected chi connectivity index (χ2v) is 5.84. The number of rotatable bonds is 10. The lowest BCUT2D eigenvalue weighted by Gasteiger charge is -2.05. The Kier molecular flexibility index (Phi) is 7.23. The molecule has 1 aliphatic rings. The Labute approximate surface area is 129 Å². The monoisotopic (exact) mass is 342 g/mol. The summed E-state index contributed by atoms with van der Waals surface area (Å²) < 4.78 is 16.3. The second-order valence-electron chi connectivity index (χ2n) is 5.05. The van der Waals surface area contributed by atoms with Gasteiger partial charge in [0.2, 0.25) is 6.79 Å². The summed E-state index contributed by atoms with van der Waals surface area (Å²) in [5.41, 5.74) is 1.14. The van der Waals surface area contributed by atoms with Crippen LogP contribution in [0, 0.1) is 0 Å². The number of fused-ring (bicyclic) bond motifs is 1. The SMILES string of the molecule is BrCCCCCCCCOCc1ccc2c(c1)OCO2. The van der Waals surface area contributed by atoms with Crippen LogP contribution in [0.5, 0.6) is 11.5 Å². The second kappa shape index (κ2) is 9.24. The molecule has 1 heterocycles. The molecule has 0 spiro atoms. The van der Waals surface area contributed by atoms with Gasteiger partial charge in [-0.1, -0.05) is 47.7 Å². The zero-order valence-electron chi connectivity index (χ0n) is 11.9. The van der Waals surface area contributed by atoms with Gasteiger partial charge in [-0.05, 0) is 30.5 Å². The minimum absolute atomic E-state index is 0.328. The third kappa shape index (κ3) is 5.33. The molecule has 0 unspecified atom stereocenters. The van der Waals surface area contributed by atoms with Crippen molar-refractivity contribution in [1.82, 2.24) is 0 Å². The summed E-state index contributed by atoms with van der Waals surface area (Å²) in [6.07, 6.45) is 7.71. The zero-order valence-corrected chi connectivity index (χ0v) is 13.5. The molecule has 4 heteroatoms. The summed E-state index contributed by atoms with van der Waals surface area (Å²) in [5, 5.41) is 1.13. The van der Waals surface area contributed by atoms with E-state index in [2.05, 4.69) is 15.9 Å². The van der Waals surface area contributed by atoms with Crippen LogP contribution in [0.2, 0.25) is 0 Å². The van der Waals surface area contributed by atoms with Crippen molar-refractivity contribution in [3.8, 4) is 11.5 Å². The standard InChI is InChI=1S/C16H23BrO3/c17-9-5-3-1-2-4-6-10-18-12-14-7-8-15-16(11-14)20-13-19-15/h7-8,11H,1-6,9-10,12-13H2. The molecule has 0 saturated heterocycles. The predicted molar refractivity (Wildman–Crippen MR) is 83.7 cm³/mol. The quantitative estimate of drug-likeness (QED) is 0.456. The van der Waals surface area contributed by atoms with Gasteiger partial charge in [-0.25, -0.2) is 0 Å². The van der Waals surface area contributed by atoms with E-state index in [-0.39, 0.29) is 0 Å². The number of benzene rings is 1. The molecule has 0 radical (unpaired) electrons. The van der Waals surface area contributed by atoms with Crippen molar-refractivity contribution in [3.05, 3.63) is 23.8 Å². The van der Waals surface area contributed by atoms with Crippen LogP contribution in [0.4, 0.5) is 0 Å². The number of halogens is 1. The van der Waals surface area contributed by atoms with Gasteiger partial charge in [0.1, 0.15) is 0 Å². The first-order valence-electron chi connectivity index (χ1n) is 7.42. The van der Waals surface area contributed by atoms with Crippen LogP contribution in [0.3, 0.4) is 0 Å². The average molecular weight is 343 g/mol. The van der Waals surface area contributed by atoms with Crippen LogP contribution in [0.15, 0.2) is 18.2 Å². The molecule has 0 atom stereocenters. The molecule has 0 aromatic heterocycles. The Morgan fingerprint density at radius 3 is 2.55 bits per heavy atom. The number of hydrogen-bond donors (Lipinski definition) is 0. The van der Waals surface area contributed by atoms with E-state index >= 15 is 0 Å². The van der Waals surface area contributed by atoms with Gasteiger partial charge < -0.3 is 14.2 Å². The predicted octanol–water partition coefficient (Wildman–Crippen LogP) is 4.67. The Morgan fingerprint density at radius 2 is 1.70 bits per heavy atom. The Bertz CT molecular complexity index is 395. The van der Waals surface area contributed by atoms with Crippen LogP contribution in [0.1, 0.15) is 44.1 Å². The Balaban J connectivity index is 1.51. The van der Waals surface area contributed by atoms with E-state index in [0.29, 0.717) is 13.4 Å². The minimum atomic E-state index is 0.328. The normalized spacial score (nSPS) is 12.8. The zero-order chi connectivity index (χ0) is 14.0. The molecule has 0 amide bonds. The summed E-state index contributed by atoms with van der Waals surface area (Å²) in [6, 6.07) is 5.99. The summed E-state index contributed by atoms with van der Waals surface area (Å²) >= 11 is 3.46. The van der Waals surface area contributed by atoms with Gasteiger partial charge in [0, 0.05) is 11.9 Å². The molecular formula is C16H23BrO3. The van der Waals surface area contributed by atoms with E-state index < -0.39 is 0 Å². The van der Waals surface area contributed by atoms with E-state index in [0.717, 1.165) is 35.4 Å². The topological polar surface area (TPSA) is 27.7 Å². The largest absolute Gasteiger partial charge is 0.454 e. The van der Waals surface area contributed by atoms with Gasteiger partial charge in [0.05, 0.1) is 6.61 Å². The van der Waals surface area contributed by atoms with Crippen LogP contribution in [-0.2, 0) is 11.3 Å². The molecule has 1 aromatic carbocycles. The van der Waals surface area contributed by atoms with Crippen LogP contribution in [-0.4, -0.2) is 18.7 Å². The van der Waals surface area contributed by atoms with Crippen molar-refractivity contribution in [3.63, 3.8) is 0 Å². The van der Waals surface area contributed by atoms with Crippen molar-refractivity contribution < 1.29 is 14.2 Å². The van der Waals surface area contributed by atoms with E-state index in [1.165, 1.54) is 32.1 Å². The van der Waals surface area contributed by atoms with Gasteiger partial charge in [-0.2, -0.15) is 0 Å². The highest BCUT2D eigenvalue weighted by Gasteiger charge is 2.12. The highest BCUT2D eigenvalue weighted by atomic mass is 79.9. The first kappa shape index (κ1) is 15.6. The fourth-order valence-corrected chi connectivity index (χ4v) is 2.62. The molecule has 0 bridgehead atoms. The number of ether oxygens (including phenoxy) is 3. The average Bonchev–Trinajstić information content (AvgIpc) is 2.93. The maximum Gasteiger partial charge on any atom is 0.231 e. The fraction of sp³-hybridized carbons (Fsp3) is 0.625. The summed E-state index contributed by atoms with van der Waals surface area (Å²) in [5.74, 6) is 1.66. The van der Waals surface area contributed by atoms with Gasteiger partial charge >= 0.3 is 0 Å². The molecule has 0 N–H and O–H groups in total. The highest BCUT2D eigenvalue weighted by molar-refractivity contribution is 9.09. The fourth-order valence-electron chi connectivity index (χ4n) is 2.23. The van der Waals surface area contributed by atoms with Crippen molar-refractivity contribution in [2.24, 2.45) is 0 Å². The molecule has 20 heavy (non-hydrogen) atoms. The minimum Gasteiger partial charge on any atom is -0.454 e. The van der Waals surface area contributed by atoms with Crippen LogP contribution < -0.4 is 9.47 Å². The van der Waals surface area contributed by atoms with E-state index in [1.54, 1.807) is 0 Å². The third-order valence-corrected chi connectivity index (χ3v) is 3.94. The maximum absolute atomic E-state index is 5.70. The summed E-state index contributed by atoms with van der Waals surface area (Å²) in [7, 11) is 0. The molecule has 3 nitrogen and oxygen atoms in total. The molecule has 2 rings (SSSR count). The van der Waals surface area contributed by atoms with Crippen molar-refractivity contribution >= 4 is 15.9 Å². The maximum atomic E-state index is 5.70. The van der Waals surface area contributed by atoms with E-state index in [9.17, 15) is 0 Å². The summed E-state index contributed by atoms with van der Waals surface area (Å²) in [6.45, 7) is 1.82. The van der Waals surface area contributed by atoms with E-state index in [1.807, 2.05) is 18.2 Å². The molecule has 0 aliphatic carbocycles. The first-order chi connectivity index (χ1) is 9.90. The Morgan fingerprint density at radius 1 is 0.950 bits per heavy atom. The highest BCUT2D eigenvalue weighted by Crippen LogP contribution is 2.32. The molecule has 0 fully saturated rings. The van der Waals surface area contributed by atoms with Crippen LogP contribution >= 0.6 is 15.9 Å². The van der Waals surface area contributed by atoms with Crippen molar-refractivity contribution in [2.75, 3.05) is 18.7 Å². The molecule has 1 aliphatic heterocycles. The smallest absolute Gasteiger partial charge is 0.231 e. The van der Waals surface area contributed by atoms with Gasteiger partial charge in [-0.15, -0.1) is 0 Å². The lowest BCUT2D eigenvalue weighted by atomic mass is 10.1. The Hall–Kier alpha value is -0.740. The van der Waals surface area contributed by atoms with Gasteiger partial charge in [-0.3, -0.25) is 0 Å². The molecule has 112 valence electrons. The number of alkyl halides is 1. The van der Waals surface area contributed by atoms with Gasteiger partial charge in [0.15, 0.2) is 11.5 Å². The van der Waals surface area contributed by atoms with E-state index in [4.69, 9.17) is 14.2 Å².